The van der Waals surface area contributed by atoms with Gasteiger partial charge in [0.1, 0.15) is 11.3 Å². The molecule has 0 fully saturated rings. The van der Waals surface area contributed by atoms with Crippen molar-refractivity contribution in [3.63, 3.8) is 0 Å². The van der Waals surface area contributed by atoms with E-state index in [1.54, 1.807) is 18.2 Å². The minimum absolute atomic E-state index is 0.0554. The van der Waals surface area contributed by atoms with Crippen molar-refractivity contribution in [1.82, 2.24) is 0 Å². The molecule has 1 atom stereocenters. The average Bonchev–Trinajstić information content (AvgIpc) is 2.29. The van der Waals surface area contributed by atoms with Crippen molar-refractivity contribution in [2.24, 2.45) is 0 Å². The number of benzene rings is 1. The van der Waals surface area contributed by atoms with Crippen molar-refractivity contribution in [3.05, 3.63) is 46.3 Å². The first kappa shape index (κ1) is 10.9. The van der Waals surface area contributed by atoms with Crippen LogP contribution in [0.3, 0.4) is 0 Å². The molecule has 2 aromatic rings. The molecule has 1 aromatic carbocycles. The Balaban J connectivity index is 2.46. The van der Waals surface area contributed by atoms with Crippen LogP contribution in [0.1, 0.15) is 19.1 Å². The van der Waals surface area contributed by atoms with Gasteiger partial charge in [-0.15, -0.1) is 0 Å². The maximum absolute atomic E-state index is 11.7. The Morgan fingerprint density at radius 2 is 2.12 bits per heavy atom. The van der Waals surface area contributed by atoms with Crippen LogP contribution < -0.4 is 5.43 Å². The minimum Gasteiger partial charge on any atom is -0.461 e. The van der Waals surface area contributed by atoms with Gasteiger partial charge >= 0.3 is 0 Å². The molecular formula is C13H14O3. The normalized spacial score (nSPS) is 12.9. The third kappa shape index (κ3) is 2.14. The van der Waals surface area contributed by atoms with Crippen LogP contribution >= 0.6 is 0 Å². The highest BCUT2D eigenvalue weighted by molar-refractivity contribution is 5.76. The zero-order valence-electron chi connectivity index (χ0n) is 9.14. The number of para-hydroxylation sites is 1. The van der Waals surface area contributed by atoms with Gasteiger partial charge in [-0.3, -0.25) is 4.79 Å². The van der Waals surface area contributed by atoms with Crippen molar-refractivity contribution < 1.29 is 9.52 Å². The standard InChI is InChI=1S/C13H14O3/c1-2-9(14)7-10-8-12(15)11-5-3-4-6-13(11)16-10/h3-6,8-9,14H,2,7H2,1H3. The van der Waals surface area contributed by atoms with E-state index < -0.39 is 6.10 Å². The van der Waals surface area contributed by atoms with Gasteiger partial charge in [0.05, 0.1) is 11.5 Å². The fourth-order valence-electron chi connectivity index (χ4n) is 1.63. The predicted octanol–water partition coefficient (Wildman–Crippen LogP) is 2.11. The van der Waals surface area contributed by atoms with Gasteiger partial charge in [0.2, 0.25) is 0 Å². The first-order chi connectivity index (χ1) is 7.70. The van der Waals surface area contributed by atoms with Gasteiger partial charge in [0, 0.05) is 12.5 Å². The highest BCUT2D eigenvalue weighted by atomic mass is 16.3. The summed E-state index contributed by atoms with van der Waals surface area (Å²) in [6, 6.07) is 8.59. The molecule has 3 heteroatoms. The Kier molecular flexibility index (Phi) is 3.06. The van der Waals surface area contributed by atoms with E-state index in [0.717, 1.165) is 0 Å². The summed E-state index contributed by atoms with van der Waals surface area (Å²) >= 11 is 0. The Morgan fingerprint density at radius 3 is 2.88 bits per heavy atom. The summed E-state index contributed by atoms with van der Waals surface area (Å²) in [5.74, 6) is 0.540. The molecular weight excluding hydrogens is 204 g/mol. The zero-order valence-corrected chi connectivity index (χ0v) is 9.14. The van der Waals surface area contributed by atoms with Crippen molar-refractivity contribution in [3.8, 4) is 0 Å². The maximum Gasteiger partial charge on any atom is 0.192 e. The number of rotatable bonds is 3. The van der Waals surface area contributed by atoms with Crippen molar-refractivity contribution in [2.75, 3.05) is 0 Å². The topological polar surface area (TPSA) is 50.4 Å². The molecule has 0 aliphatic heterocycles. The first-order valence-corrected chi connectivity index (χ1v) is 5.40. The van der Waals surface area contributed by atoms with Crippen LogP contribution in [0.5, 0.6) is 0 Å². The lowest BCUT2D eigenvalue weighted by atomic mass is 10.1. The molecule has 1 unspecified atom stereocenters. The molecule has 0 spiro atoms. The third-order valence-electron chi connectivity index (χ3n) is 2.59. The Labute approximate surface area is 93.3 Å². The quantitative estimate of drug-likeness (QED) is 0.858. The van der Waals surface area contributed by atoms with Gasteiger partial charge in [0.25, 0.3) is 0 Å². The number of aliphatic hydroxyl groups excluding tert-OH is 1. The van der Waals surface area contributed by atoms with Gasteiger partial charge < -0.3 is 9.52 Å². The van der Waals surface area contributed by atoms with E-state index in [-0.39, 0.29) is 5.43 Å². The third-order valence-corrected chi connectivity index (χ3v) is 2.59. The first-order valence-electron chi connectivity index (χ1n) is 5.40. The van der Waals surface area contributed by atoms with E-state index in [9.17, 15) is 9.90 Å². The molecule has 1 heterocycles. The van der Waals surface area contributed by atoms with E-state index in [1.807, 2.05) is 13.0 Å². The second-order valence-corrected chi connectivity index (χ2v) is 3.84. The number of aliphatic hydroxyl groups is 1. The number of hydrogen-bond acceptors (Lipinski definition) is 3. The molecule has 2 rings (SSSR count). The van der Waals surface area contributed by atoms with E-state index >= 15 is 0 Å². The average molecular weight is 218 g/mol. The molecule has 1 aromatic heterocycles. The largest absolute Gasteiger partial charge is 0.461 e. The van der Waals surface area contributed by atoms with E-state index in [2.05, 4.69) is 0 Å². The SMILES string of the molecule is CCC(O)Cc1cc(=O)c2ccccc2o1. The predicted molar refractivity (Wildman–Crippen MR) is 62.5 cm³/mol. The Morgan fingerprint density at radius 1 is 1.38 bits per heavy atom. The summed E-state index contributed by atoms with van der Waals surface area (Å²) < 4.78 is 5.56. The molecule has 0 radical (unpaired) electrons. The van der Waals surface area contributed by atoms with Crippen LogP contribution in [0, 0.1) is 0 Å². The van der Waals surface area contributed by atoms with Gasteiger partial charge in [0.15, 0.2) is 5.43 Å². The van der Waals surface area contributed by atoms with Crippen LogP contribution in [0.4, 0.5) is 0 Å². The van der Waals surface area contributed by atoms with E-state index in [0.29, 0.717) is 29.6 Å². The smallest absolute Gasteiger partial charge is 0.192 e. The molecule has 0 aliphatic rings. The molecule has 84 valence electrons. The van der Waals surface area contributed by atoms with E-state index in [1.165, 1.54) is 6.07 Å². The van der Waals surface area contributed by atoms with Crippen molar-refractivity contribution >= 4 is 11.0 Å². The molecule has 3 nitrogen and oxygen atoms in total. The van der Waals surface area contributed by atoms with Crippen LogP contribution in [-0.2, 0) is 6.42 Å². The zero-order chi connectivity index (χ0) is 11.5. The van der Waals surface area contributed by atoms with Crippen LogP contribution in [0.25, 0.3) is 11.0 Å². The summed E-state index contributed by atoms with van der Waals surface area (Å²) in [6.07, 6.45) is 0.580. The summed E-state index contributed by atoms with van der Waals surface area (Å²) in [5.41, 5.74) is 0.522. The molecule has 0 saturated carbocycles. The summed E-state index contributed by atoms with van der Waals surface area (Å²) in [7, 11) is 0. The van der Waals surface area contributed by atoms with Gasteiger partial charge in [-0.05, 0) is 18.6 Å². The monoisotopic (exact) mass is 218 g/mol. The second-order valence-electron chi connectivity index (χ2n) is 3.84. The molecule has 1 N–H and O–H groups in total. The van der Waals surface area contributed by atoms with E-state index in [4.69, 9.17) is 4.42 Å². The van der Waals surface area contributed by atoms with Gasteiger partial charge in [-0.1, -0.05) is 19.1 Å². The summed E-state index contributed by atoms with van der Waals surface area (Å²) in [5, 5.41) is 10.1. The molecule has 0 amide bonds. The number of hydrogen-bond donors (Lipinski definition) is 1. The van der Waals surface area contributed by atoms with Gasteiger partial charge in [-0.25, -0.2) is 0 Å². The van der Waals surface area contributed by atoms with Crippen LogP contribution in [0.2, 0.25) is 0 Å². The van der Waals surface area contributed by atoms with Crippen molar-refractivity contribution in [1.29, 1.82) is 0 Å². The lowest BCUT2D eigenvalue weighted by Crippen LogP contribution is -2.11. The van der Waals surface area contributed by atoms with Crippen LogP contribution in [0.15, 0.2) is 39.5 Å². The molecule has 0 aliphatic carbocycles. The molecule has 0 bridgehead atoms. The maximum atomic E-state index is 11.7. The van der Waals surface area contributed by atoms with Gasteiger partial charge in [-0.2, -0.15) is 0 Å². The Hall–Kier alpha value is -1.61. The number of fused-ring (bicyclic) bond motifs is 1. The van der Waals surface area contributed by atoms with Crippen LogP contribution in [-0.4, -0.2) is 11.2 Å². The minimum atomic E-state index is -0.454. The lowest BCUT2D eigenvalue weighted by Gasteiger charge is -2.07. The molecule has 0 saturated heterocycles. The lowest BCUT2D eigenvalue weighted by molar-refractivity contribution is 0.163. The second kappa shape index (κ2) is 4.49. The summed E-state index contributed by atoms with van der Waals surface area (Å²) in [4.78, 5) is 11.7. The fraction of sp³-hybridized carbons (Fsp3) is 0.308. The van der Waals surface area contributed by atoms with Crippen molar-refractivity contribution in [2.45, 2.75) is 25.9 Å². The Bertz CT molecular complexity index is 542. The fourth-order valence-corrected chi connectivity index (χ4v) is 1.63. The molecule has 16 heavy (non-hydrogen) atoms. The summed E-state index contributed by atoms with van der Waals surface area (Å²) in [6.45, 7) is 1.89. The highest BCUT2D eigenvalue weighted by Gasteiger charge is 2.08. The highest BCUT2D eigenvalue weighted by Crippen LogP contribution is 2.13.